The summed E-state index contributed by atoms with van der Waals surface area (Å²) in [6, 6.07) is 11.2. The number of halogens is 3. The molecule has 1 aromatic carbocycles. The van der Waals surface area contributed by atoms with Crippen LogP contribution in [0.1, 0.15) is 6.42 Å². The quantitative estimate of drug-likeness (QED) is 0.757. The summed E-state index contributed by atoms with van der Waals surface area (Å²) in [5, 5.41) is 3.47. The van der Waals surface area contributed by atoms with Gasteiger partial charge in [-0.2, -0.15) is 0 Å². The highest BCUT2D eigenvalue weighted by atomic mass is 35.5. The van der Waals surface area contributed by atoms with E-state index in [9.17, 15) is 4.79 Å². The second-order valence-electron chi connectivity index (χ2n) is 6.85. The van der Waals surface area contributed by atoms with Crippen LogP contribution in [0.2, 0.25) is 0 Å². The predicted octanol–water partition coefficient (Wildman–Crippen LogP) is 2.34. The van der Waals surface area contributed by atoms with Gasteiger partial charge in [-0.3, -0.25) is 9.69 Å². The van der Waals surface area contributed by atoms with Crippen LogP contribution < -0.4 is 10.2 Å². The third-order valence-corrected chi connectivity index (χ3v) is 6.39. The molecule has 0 unspecified atom stereocenters. The van der Waals surface area contributed by atoms with E-state index in [1.807, 2.05) is 16.7 Å². The Labute approximate surface area is 184 Å². The van der Waals surface area contributed by atoms with E-state index >= 15 is 0 Å². The molecule has 3 heterocycles. The molecule has 0 bridgehead atoms. The van der Waals surface area contributed by atoms with Gasteiger partial charge in [0.25, 0.3) is 0 Å². The molecule has 0 saturated carbocycles. The Morgan fingerprint density at radius 1 is 1.00 bits per heavy atom. The van der Waals surface area contributed by atoms with Crippen molar-refractivity contribution in [1.82, 2.24) is 15.1 Å². The molecule has 0 spiro atoms. The van der Waals surface area contributed by atoms with Gasteiger partial charge in [0.05, 0.1) is 11.9 Å². The molecule has 3 aliphatic rings. The number of rotatable bonds is 3. The van der Waals surface area contributed by atoms with Crippen LogP contribution in [-0.2, 0) is 4.79 Å². The zero-order valence-corrected chi connectivity index (χ0v) is 18.6. The summed E-state index contributed by atoms with van der Waals surface area (Å²) in [7, 11) is 0. The van der Waals surface area contributed by atoms with Gasteiger partial charge in [0, 0.05) is 56.8 Å². The van der Waals surface area contributed by atoms with Crippen LogP contribution in [0.25, 0.3) is 0 Å². The second kappa shape index (κ2) is 11.6. The third kappa shape index (κ3) is 5.81. The fourth-order valence-electron chi connectivity index (χ4n) is 3.98. The SMILES string of the molecule is Cl.Cl.Cl.O=C([C@@H]1C[C@H](N2CCN(c3ccccc3)CC2)CN1)N1CCSC1. The van der Waals surface area contributed by atoms with Crippen LogP contribution in [-0.4, -0.2) is 78.7 Å². The van der Waals surface area contributed by atoms with E-state index in [1.165, 1.54) is 5.69 Å². The number of para-hydroxylation sites is 1. The molecule has 1 amide bonds. The van der Waals surface area contributed by atoms with Gasteiger partial charge in [-0.1, -0.05) is 18.2 Å². The molecule has 0 radical (unpaired) electrons. The predicted molar refractivity (Wildman–Crippen MR) is 121 cm³/mol. The average Bonchev–Trinajstić information content (AvgIpc) is 3.34. The highest BCUT2D eigenvalue weighted by Crippen LogP contribution is 2.22. The summed E-state index contributed by atoms with van der Waals surface area (Å²) in [6.07, 6.45) is 0.964. The molecule has 3 saturated heterocycles. The summed E-state index contributed by atoms with van der Waals surface area (Å²) in [6.45, 7) is 6.18. The van der Waals surface area contributed by atoms with Crippen molar-refractivity contribution in [1.29, 1.82) is 0 Å². The lowest BCUT2D eigenvalue weighted by Gasteiger charge is -2.39. The van der Waals surface area contributed by atoms with Gasteiger partial charge in [-0.05, 0) is 18.6 Å². The summed E-state index contributed by atoms with van der Waals surface area (Å²) in [5.74, 6) is 2.27. The molecular weight excluding hydrogens is 427 g/mol. The minimum atomic E-state index is 0. The van der Waals surface area contributed by atoms with Gasteiger partial charge in [0.2, 0.25) is 5.91 Å². The van der Waals surface area contributed by atoms with Crippen LogP contribution in [0.3, 0.4) is 0 Å². The average molecular weight is 456 g/mol. The van der Waals surface area contributed by atoms with E-state index in [0.29, 0.717) is 11.9 Å². The molecular formula is C18H29Cl3N4OS. The van der Waals surface area contributed by atoms with Crippen LogP contribution in [0.15, 0.2) is 30.3 Å². The molecule has 4 rings (SSSR count). The number of nitrogens with zero attached hydrogens (tertiary/aromatic N) is 3. The van der Waals surface area contributed by atoms with Gasteiger partial charge >= 0.3 is 0 Å². The molecule has 3 aliphatic heterocycles. The minimum absolute atomic E-state index is 0. The van der Waals surface area contributed by atoms with Crippen molar-refractivity contribution >= 4 is 60.6 Å². The Balaban J connectivity index is 0.00000121. The Bertz CT molecular complexity index is 569. The maximum atomic E-state index is 12.5. The monoisotopic (exact) mass is 454 g/mol. The van der Waals surface area contributed by atoms with E-state index < -0.39 is 0 Å². The van der Waals surface area contributed by atoms with Crippen molar-refractivity contribution < 1.29 is 4.79 Å². The second-order valence-corrected chi connectivity index (χ2v) is 7.92. The molecule has 0 aliphatic carbocycles. The normalized spacial score (nSPS) is 25.3. The summed E-state index contributed by atoms with van der Waals surface area (Å²) < 4.78 is 0. The molecule has 5 nitrogen and oxygen atoms in total. The zero-order valence-electron chi connectivity index (χ0n) is 15.3. The first-order chi connectivity index (χ1) is 11.8. The number of anilines is 1. The van der Waals surface area contributed by atoms with Crippen LogP contribution >= 0.6 is 49.0 Å². The molecule has 1 aromatic rings. The maximum Gasteiger partial charge on any atom is 0.240 e. The van der Waals surface area contributed by atoms with Gasteiger partial charge < -0.3 is 15.1 Å². The number of amides is 1. The zero-order chi connectivity index (χ0) is 16.4. The molecule has 1 N–H and O–H groups in total. The van der Waals surface area contributed by atoms with E-state index in [0.717, 1.165) is 57.3 Å². The lowest BCUT2D eigenvalue weighted by Crippen LogP contribution is -2.51. The number of piperazine rings is 1. The van der Waals surface area contributed by atoms with Crippen molar-refractivity contribution in [3.63, 3.8) is 0 Å². The molecule has 2 atom stereocenters. The van der Waals surface area contributed by atoms with Crippen LogP contribution in [0, 0.1) is 0 Å². The lowest BCUT2D eigenvalue weighted by atomic mass is 10.1. The number of hydrogen-bond acceptors (Lipinski definition) is 5. The van der Waals surface area contributed by atoms with Gasteiger partial charge in [-0.15, -0.1) is 49.0 Å². The fourth-order valence-corrected chi connectivity index (χ4v) is 4.93. The van der Waals surface area contributed by atoms with Crippen molar-refractivity contribution in [2.24, 2.45) is 0 Å². The van der Waals surface area contributed by atoms with Crippen LogP contribution in [0.4, 0.5) is 5.69 Å². The van der Waals surface area contributed by atoms with E-state index in [4.69, 9.17) is 0 Å². The number of carbonyl (C=O) groups excluding carboxylic acids is 1. The number of benzene rings is 1. The lowest BCUT2D eigenvalue weighted by molar-refractivity contribution is -0.131. The molecule has 27 heavy (non-hydrogen) atoms. The first-order valence-corrected chi connectivity index (χ1v) is 10.1. The number of thioether (sulfide) groups is 1. The number of nitrogens with one attached hydrogen (secondary N) is 1. The summed E-state index contributed by atoms with van der Waals surface area (Å²) in [4.78, 5) is 19.6. The molecule has 3 fully saturated rings. The number of hydrogen-bond donors (Lipinski definition) is 1. The Morgan fingerprint density at radius 3 is 2.33 bits per heavy atom. The maximum absolute atomic E-state index is 12.5. The van der Waals surface area contributed by atoms with Crippen molar-refractivity contribution in [2.45, 2.75) is 18.5 Å². The number of carbonyl (C=O) groups is 1. The third-order valence-electron chi connectivity index (χ3n) is 5.42. The Morgan fingerprint density at radius 2 is 1.70 bits per heavy atom. The molecule has 9 heteroatoms. The standard InChI is InChI=1S/C18H26N4OS.3ClH/c23-18(22-10-11-24-14-22)17-12-16(13-19-17)21-8-6-20(7-9-21)15-4-2-1-3-5-15;;;/h1-5,16-17,19H,6-14H2;3*1H/t16-,17-;;;/m0.../s1. The summed E-state index contributed by atoms with van der Waals surface area (Å²) in [5.41, 5.74) is 1.32. The smallest absolute Gasteiger partial charge is 0.240 e. The fraction of sp³-hybridized carbons (Fsp3) is 0.611. The first-order valence-electron chi connectivity index (χ1n) is 8.95. The van der Waals surface area contributed by atoms with Gasteiger partial charge in [0.1, 0.15) is 0 Å². The largest absolute Gasteiger partial charge is 0.369 e. The summed E-state index contributed by atoms with van der Waals surface area (Å²) >= 11 is 1.86. The topological polar surface area (TPSA) is 38.8 Å². The first kappa shape index (κ1) is 24.7. The van der Waals surface area contributed by atoms with E-state index in [-0.39, 0.29) is 43.3 Å². The molecule has 0 aromatic heterocycles. The Kier molecular flexibility index (Phi) is 10.6. The van der Waals surface area contributed by atoms with Crippen molar-refractivity contribution in [3.8, 4) is 0 Å². The van der Waals surface area contributed by atoms with E-state index in [1.54, 1.807) is 0 Å². The highest BCUT2D eigenvalue weighted by Gasteiger charge is 2.36. The van der Waals surface area contributed by atoms with Gasteiger partial charge in [0.15, 0.2) is 0 Å². The minimum Gasteiger partial charge on any atom is -0.369 e. The van der Waals surface area contributed by atoms with Crippen molar-refractivity contribution in [2.75, 3.05) is 55.8 Å². The molecule has 154 valence electrons. The van der Waals surface area contributed by atoms with Crippen molar-refractivity contribution in [3.05, 3.63) is 30.3 Å². The van der Waals surface area contributed by atoms with E-state index in [2.05, 4.69) is 45.4 Å². The highest BCUT2D eigenvalue weighted by molar-refractivity contribution is 7.99. The Hall–Kier alpha value is -0.370. The van der Waals surface area contributed by atoms with Crippen LogP contribution in [0.5, 0.6) is 0 Å². The van der Waals surface area contributed by atoms with Gasteiger partial charge in [-0.25, -0.2) is 0 Å².